The van der Waals surface area contributed by atoms with E-state index in [-0.39, 0.29) is 30.2 Å². The van der Waals surface area contributed by atoms with Crippen LogP contribution in [0.2, 0.25) is 0 Å². The van der Waals surface area contributed by atoms with Crippen molar-refractivity contribution >= 4 is 29.1 Å². The average Bonchev–Trinajstić information content (AvgIpc) is 2.86. The number of para-hydroxylation sites is 1. The molecular formula is C27H29N3O5. The van der Waals surface area contributed by atoms with Gasteiger partial charge in [0.05, 0.1) is 7.11 Å². The van der Waals surface area contributed by atoms with Crippen LogP contribution in [-0.4, -0.2) is 37.5 Å². The quantitative estimate of drug-likeness (QED) is 0.409. The molecule has 35 heavy (non-hydrogen) atoms. The Labute approximate surface area is 204 Å². The maximum atomic E-state index is 13.0. The first kappa shape index (κ1) is 25.3. The monoisotopic (exact) mass is 475 g/mol. The summed E-state index contributed by atoms with van der Waals surface area (Å²) in [5.41, 5.74) is 1.59. The first-order chi connectivity index (χ1) is 16.9. The van der Waals surface area contributed by atoms with Gasteiger partial charge in [0.2, 0.25) is 5.91 Å². The minimum absolute atomic E-state index is 0.154. The molecule has 8 nitrogen and oxygen atoms in total. The Kier molecular flexibility index (Phi) is 8.83. The number of amides is 3. The highest BCUT2D eigenvalue weighted by Gasteiger charge is 2.25. The molecule has 3 amide bonds. The molecule has 0 aliphatic carbocycles. The maximum absolute atomic E-state index is 13.0. The van der Waals surface area contributed by atoms with Gasteiger partial charge in [0.1, 0.15) is 17.5 Å². The lowest BCUT2D eigenvalue weighted by Gasteiger charge is -2.22. The lowest BCUT2D eigenvalue weighted by atomic mass is 10.0. The molecule has 3 N–H and O–H groups in total. The van der Waals surface area contributed by atoms with Gasteiger partial charge < -0.3 is 25.4 Å². The second-order valence-electron chi connectivity index (χ2n) is 8.14. The van der Waals surface area contributed by atoms with Gasteiger partial charge in [-0.25, -0.2) is 0 Å². The number of hydrogen-bond acceptors (Lipinski definition) is 5. The van der Waals surface area contributed by atoms with E-state index < -0.39 is 6.04 Å². The molecule has 0 spiro atoms. The number of anilines is 2. The molecule has 0 aliphatic rings. The number of methoxy groups -OCH3 is 1. The number of nitrogens with one attached hydrogen (secondary N) is 3. The van der Waals surface area contributed by atoms with Gasteiger partial charge in [-0.2, -0.15) is 0 Å². The largest absolute Gasteiger partial charge is 0.497 e. The molecule has 0 saturated heterocycles. The Morgan fingerprint density at radius 3 is 2.14 bits per heavy atom. The van der Waals surface area contributed by atoms with Gasteiger partial charge in [0.25, 0.3) is 11.8 Å². The van der Waals surface area contributed by atoms with Gasteiger partial charge in [-0.3, -0.25) is 14.4 Å². The van der Waals surface area contributed by atoms with Crippen molar-refractivity contribution in [2.75, 3.05) is 24.4 Å². The Hall–Kier alpha value is -4.33. The molecule has 0 aromatic heterocycles. The molecule has 182 valence electrons. The first-order valence-electron chi connectivity index (χ1n) is 11.2. The second kappa shape index (κ2) is 12.2. The van der Waals surface area contributed by atoms with Gasteiger partial charge in [0.15, 0.2) is 6.61 Å². The fraction of sp³-hybridized carbons (Fsp3) is 0.222. The van der Waals surface area contributed by atoms with Gasteiger partial charge in [0, 0.05) is 23.0 Å². The lowest BCUT2D eigenvalue weighted by molar-refractivity contribution is -0.119. The molecule has 0 fully saturated rings. The predicted molar refractivity (Wildman–Crippen MR) is 135 cm³/mol. The van der Waals surface area contributed by atoms with Crippen molar-refractivity contribution in [3.8, 4) is 11.5 Å². The SMILES string of the molecule is COc1ccc(C(=O)NC(C(=O)Nc2cccc(OCC(=O)Nc3ccccc3)c2)C(C)C)cc1. The van der Waals surface area contributed by atoms with E-state index in [0.717, 1.165) is 0 Å². The smallest absolute Gasteiger partial charge is 0.262 e. The van der Waals surface area contributed by atoms with Crippen molar-refractivity contribution in [1.29, 1.82) is 0 Å². The summed E-state index contributed by atoms with van der Waals surface area (Å²) in [4.78, 5) is 37.7. The number of rotatable bonds is 10. The molecule has 3 aromatic rings. The van der Waals surface area contributed by atoms with Crippen LogP contribution in [0.4, 0.5) is 11.4 Å². The maximum Gasteiger partial charge on any atom is 0.262 e. The lowest BCUT2D eigenvalue weighted by Crippen LogP contribution is -2.47. The summed E-state index contributed by atoms with van der Waals surface area (Å²) in [6, 6.07) is 21.7. The molecule has 1 unspecified atom stereocenters. The van der Waals surface area contributed by atoms with E-state index in [1.807, 2.05) is 32.0 Å². The normalized spacial score (nSPS) is 11.3. The number of hydrogen-bond donors (Lipinski definition) is 3. The topological polar surface area (TPSA) is 106 Å². The van der Waals surface area contributed by atoms with E-state index in [2.05, 4.69) is 16.0 Å². The summed E-state index contributed by atoms with van der Waals surface area (Å²) >= 11 is 0. The molecule has 1 atom stereocenters. The Morgan fingerprint density at radius 2 is 1.49 bits per heavy atom. The van der Waals surface area contributed by atoms with Gasteiger partial charge in [-0.15, -0.1) is 0 Å². The molecular weight excluding hydrogens is 446 g/mol. The molecule has 3 aromatic carbocycles. The molecule has 0 aliphatic heterocycles. The zero-order valence-electron chi connectivity index (χ0n) is 19.9. The third-order valence-electron chi connectivity index (χ3n) is 5.12. The van der Waals surface area contributed by atoms with E-state index in [1.54, 1.807) is 67.8 Å². The van der Waals surface area contributed by atoms with E-state index in [9.17, 15) is 14.4 Å². The zero-order valence-corrected chi connectivity index (χ0v) is 19.9. The van der Waals surface area contributed by atoms with Crippen molar-refractivity contribution in [1.82, 2.24) is 5.32 Å². The molecule has 0 bridgehead atoms. The van der Waals surface area contributed by atoms with Crippen molar-refractivity contribution in [2.24, 2.45) is 5.92 Å². The van der Waals surface area contributed by atoms with E-state index in [1.165, 1.54) is 0 Å². The minimum atomic E-state index is -0.758. The fourth-order valence-corrected chi connectivity index (χ4v) is 3.25. The minimum Gasteiger partial charge on any atom is -0.497 e. The third kappa shape index (κ3) is 7.60. The molecule has 8 heteroatoms. The van der Waals surface area contributed by atoms with Crippen LogP contribution < -0.4 is 25.4 Å². The first-order valence-corrected chi connectivity index (χ1v) is 11.2. The number of benzene rings is 3. The third-order valence-corrected chi connectivity index (χ3v) is 5.12. The standard InChI is InChI=1S/C27H29N3O5/c1-18(2)25(30-26(32)19-12-14-22(34-3)15-13-19)27(33)29-21-10-7-11-23(16-21)35-17-24(31)28-20-8-5-4-6-9-20/h4-16,18,25H,17H2,1-3H3,(H,28,31)(H,29,33)(H,30,32). The Bertz CT molecular complexity index is 1150. The van der Waals surface area contributed by atoms with E-state index >= 15 is 0 Å². The van der Waals surface area contributed by atoms with Crippen LogP contribution in [0.1, 0.15) is 24.2 Å². The van der Waals surface area contributed by atoms with Crippen LogP contribution in [0.3, 0.4) is 0 Å². The Morgan fingerprint density at radius 1 is 0.800 bits per heavy atom. The van der Waals surface area contributed by atoms with Crippen LogP contribution in [0, 0.1) is 5.92 Å². The van der Waals surface area contributed by atoms with Crippen LogP contribution in [0.25, 0.3) is 0 Å². The van der Waals surface area contributed by atoms with Crippen molar-refractivity contribution < 1.29 is 23.9 Å². The molecule has 0 saturated carbocycles. The average molecular weight is 476 g/mol. The highest BCUT2D eigenvalue weighted by atomic mass is 16.5. The summed E-state index contributed by atoms with van der Waals surface area (Å²) in [7, 11) is 1.55. The summed E-state index contributed by atoms with van der Waals surface area (Å²) in [5, 5.41) is 8.35. The predicted octanol–water partition coefficient (Wildman–Crippen LogP) is 4.11. The van der Waals surface area contributed by atoms with Gasteiger partial charge in [-0.05, 0) is 54.4 Å². The summed E-state index contributed by atoms with van der Waals surface area (Å²) in [6.07, 6.45) is 0. The van der Waals surface area contributed by atoms with Gasteiger partial charge >= 0.3 is 0 Å². The van der Waals surface area contributed by atoms with E-state index in [4.69, 9.17) is 9.47 Å². The van der Waals surface area contributed by atoms with Crippen LogP contribution in [0.5, 0.6) is 11.5 Å². The van der Waals surface area contributed by atoms with Crippen molar-refractivity contribution in [3.05, 3.63) is 84.4 Å². The molecule has 0 heterocycles. The summed E-state index contributed by atoms with van der Waals surface area (Å²) in [5.74, 6) is -0.109. The molecule has 3 rings (SSSR count). The highest BCUT2D eigenvalue weighted by molar-refractivity contribution is 6.01. The van der Waals surface area contributed by atoms with Gasteiger partial charge in [-0.1, -0.05) is 38.1 Å². The summed E-state index contributed by atoms with van der Waals surface area (Å²) in [6.45, 7) is 3.52. The Balaban J connectivity index is 1.58. The summed E-state index contributed by atoms with van der Waals surface area (Å²) < 4.78 is 10.7. The van der Waals surface area contributed by atoms with Crippen molar-refractivity contribution in [2.45, 2.75) is 19.9 Å². The molecule has 0 radical (unpaired) electrons. The zero-order chi connectivity index (χ0) is 25.2. The number of ether oxygens (including phenoxy) is 2. The van der Waals surface area contributed by atoms with Crippen LogP contribution in [0.15, 0.2) is 78.9 Å². The number of carbonyl (C=O) groups is 3. The highest BCUT2D eigenvalue weighted by Crippen LogP contribution is 2.19. The number of carbonyl (C=O) groups excluding carboxylic acids is 3. The second-order valence-corrected chi connectivity index (χ2v) is 8.14. The van der Waals surface area contributed by atoms with E-state index in [0.29, 0.717) is 28.4 Å². The van der Waals surface area contributed by atoms with Crippen LogP contribution in [-0.2, 0) is 9.59 Å². The van der Waals surface area contributed by atoms with Crippen LogP contribution >= 0.6 is 0 Å². The van der Waals surface area contributed by atoms with Crippen molar-refractivity contribution in [3.63, 3.8) is 0 Å². The fourth-order valence-electron chi connectivity index (χ4n) is 3.25.